The average Bonchev–Trinajstić information content (AvgIpc) is 3.41. The number of aryl methyl sites for hydroxylation is 2. The van der Waals surface area contributed by atoms with Gasteiger partial charge in [-0.3, -0.25) is 4.79 Å². The highest BCUT2D eigenvalue weighted by molar-refractivity contribution is 6.31. The molecule has 1 aliphatic carbocycles. The van der Waals surface area contributed by atoms with E-state index in [1.54, 1.807) is 6.07 Å². The van der Waals surface area contributed by atoms with Crippen molar-refractivity contribution < 1.29 is 35.9 Å². The number of ether oxygens (including phenoxy) is 1. The van der Waals surface area contributed by atoms with Crippen LogP contribution in [0.5, 0.6) is 0 Å². The second-order valence-electron chi connectivity index (χ2n) is 11.6. The van der Waals surface area contributed by atoms with Gasteiger partial charge in [0.1, 0.15) is 6.10 Å². The van der Waals surface area contributed by atoms with Crippen LogP contribution in [0.3, 0.4) is 0 Å². The molecule has 0 spiro atoms. The van der Waals surface area contributed by atoms with Crippen molar-refractivity contribution in [1.82, 2.24) is 20.2 Å². The van der Waals surface area contributed by atoms with Crippen molar-refractivity contribution in [2.45, 2.75) is 84.4 Å². The predicted octanol–water partition coefficient (Wildman–Crippen LogP) is 8.04. The monoisotopic (exact) mass is 710 g/mol. The molecule has 4 rings (SSSR count). The van der Waals surface area contributed by atoms with Gasteiger partial charge in [0, 0.05) is 43.8 Å². The summed E-state index contributed by atoms with van der Waals surface area (Å²) in [6.07, 6.45) is -6.16. The van der Waals surface area contributed by atoms with E-state index in [0.29, 0.717) is 48.1 Å². The molecule has 0 N–H and O–H groups in total. The lowest BCUT2D eigenvalue weighted by Gasteiger charge is -2.35. The molecule has 8 nitrogen and oxygen atoms in total. The molecule has 1 saturated carbocycles. The van der Waals surface area contributed by atoms with Gasteiger partial charge in [0.25, 0.3) is 5.95 Å². The van der Waals surface area contributed by atoms with Crippen LogP contribution in [0.4, 0.5) is 38.0 Å². The van der Waals surface area contributed by atoms with Crippen LogP contribution in [0, 0.1) is 5.92 Å². The van der Waals surface area contributed by atoms with Crippen molar-refractivity contribution in [3.8, 4) is 0 Å². The third kappa shape index (κ3) is 10.1. The maximum atomic E-state index is 13.7. The molecular formula is C31H38Cl2F6N6O2. The van der Waals surface area contributed by atoms with E-state index in [1.807, 2.05) is 19.9 Å². The van der Waals surface area contributed by atoms with Crippen LogP contribution in [0.2, 0.25) is 5.02 Å². The van der Waals surface area contributed by atoms with Gasteiger partial charge in [-0.2, -0.15) is 31.1 Å². The lowest BCUT2D eigenvalue weighted by atomic mass is 9.86. The molecule has 47 heavy (non-hydrogen) atoms. The minimum atomic E-state index is -4.98. The number of alkyl halides is 6. The Hall–Kier alpha value is -3.26. The molecule has 0 unspecified atom stereocenters. The van der Waals surface area contributed by atoms with Gasteiger partial charge in [-0.05, 0) is 97.2 Å². The van der Waals surface area contributed by atoms with Crippen molar-refractivity contribution in [2.75, 3.05) is 22.9 Å². The fourth-order valence-corrected chi connectivity index (χ4v) is 6.17. The Balaban J connectivity index is 0.00000600. The first-order valence-electron chi connectivity index (χ1n) is 15.1. The summed E-state index contributed by atoms with van der Waals surface area (Å²) < 4.78 is 87.3. The number of carbonyl (C=O) groups is 1. The zero-order chi connectivity index (χ0) is 33.8. The summed E-state index contributed by atoms with van der Waals surface area (Å²) in [5.41, 5.74) is -0.575. The van der Waals surface area contributed by atoms with Gasteiger partial charge in [-0.25, -0.2) is 0 Å². The molecule has 0 radical (unpaired) electrons. The van der Waals surface area contributed by atoms with Crippen LogP contribution in [-0.2, 0) is 48.4 Å². The van der Waals surface area contributed by atoms with Crippen molar-refractivity contribution in [3.63, 3.8) is 0 Å². The molecule has 1 heterocycles. The van der Waals surface area contributed by atoms with Crippen molar-refractivity contribution in [1.29, 1.82) is 0 Å². The smallest absolute Gasteiger partial charge is 0.416 e. The van der Waals surface area contributed by atoms with E-state index >= 15 is 0 Å². The van der Waals surface area contributed by atoms with E-state index in [9.17, 15) is 31.1 Å². The molecular weight excluding hydrogens is 673 g/mol. The quantitative estimate of drug-likeness (QED) is 0.147. The third-order valence-electron chi connectivity index (χ3n) is 8.12. The fourth-order valence-electron chi connectivity index (χ4n) is 5.85. The number of esters is 1. The van der Waals surface area contributed by atoms with E-state index in [4.69, 9.17) is 16.3 Å². The number of tetrazole rings is 1. The highest BCUT2D eigenvalue weighted by Gasteiger charge is 2.37. The van der Waals surface area contributed by atoms with E-state index in [-0.39, 0.29) is 55.1 Å². The van der Waals surface area contributed by atoms with Gasteiger partial charge < -0.3 is 14.5 Å². The molecule has 3 aromatic rings. The normalized spacial score (nSPS) is 16.8. The summed E-state index contributed by atoms with van der Waals surface area (Å²) in [6.45, 7) is 6.38. The summed E-state index contributed by atoms with van der Waals surface area (Å²) in [5, 5.41) is 12.6. The van der Waals surface area contributed by atoms with E-state index in [2.05, 4.69) is 20.3 Å². The first kappa shape index (κ1) is 38.2. The number of hydrogen-bond acceptors (Lipinski definition) is 7. The third-order valence-corrected chi connectivity index (χ3v) is 8.47. The summed E-state index contributed by atoms with van der Waals surface area (Å²) >= 11 is 6.66. The molecule has 1 aliphatic rings. The molecule has 1 aromatic heterocycles. The maximum Gasteiger partial charge on any atom is 0.416 e. The summed E-state index contributed by atoms with van der Waals surface area (Å²) in [5.74, 6) is 0.0596. The predicted molar refractivity (Wildman–Crippen MR) is 169 cm³/mol. The van der Waals surface area contributed by atoms with Gasteiger partial charge in [0.05, 0.1) is 18.2 Å². The molecule has 0 bridgehead atoms. The van der Waals surface area contributed by atoms with Gasteiger partial charge in [-0.15, -0.1) is 17.5 Å². The Labute approximate surface area is 280 Å². The number of rotatable bonds is 11. The highest BCUT2D eigenvalue weighted by Crippen LogP contribution is 2.38. The molecule has 0 saturated heterocycles. The maximum absolute atomic E-state index is 13.7. The number of benzene rings is 2. The van der Waals surface area contributed by atoms with Crippen LogP contribution in [0.1, 0.15) is 74.3 Å². The Morgan fingerprint density at radius 2 is 1.55 bits per heavy atom. The van der Waals surface area contributed by atoms with Gasteiger partial charge in [-0.1, -0.05) is 23.6 Å². The standard InChI is InChI=1S/C31H37ClF6N6O2.ClH/c1-5-22-14-28(43(6-2)16-20-7-9-26(10-8-20)46-19(3)45)23(13-27(22)32)18-44(29-39-41-42(4)40-29)17-21-11-24(30(33,34)35)15-25(12-21)31(36,37)38;/h11-15,20,26H,5-10,16-18H2,1-4H3;1H. The first-order valence-corrected chi connectivity index (χ1v) is 15.5. The van der Waals surface area contributed by atoms with Crippen molar-refractivity contribution in [3.05, 3.63) is 63.2 Å². The second-order valence-corrected chi connectivity index (χ2v) is 12.0. The highest BCUT2D eigenvalue weighted by atomic mass is 35.5. The van der Waals surface area contributed by atoms with Crippen molar-refractivity contribution in [2.24, 2.45) is 13.0 Å². The average molecular weight is 712 g/mol. The minimum Gasteiger partial charge on any atom is -0.463 e. The van der Waals surface area contributed by atoms with Gasteiger partial charge >= 0.3 is 18.3 Å². The molecule has 2 aromatic carbocycles. The minimum absolute atomic E-state index is 0. The number of aromatic nitrogens is 4. The number of hydrogen-bond donors (Lipinski definition) is 0. The lowest BCUT2D eigenvalue weighted by Crippen LogP contribution is -2.34. The molecule has 0 amide bonds. The Morgan fingerprint density at radius 3 is 2.04 bits per heavy atom. The van der Waals surface area contributed by atoms with Gasteiger partial charge in [0.15, 0.2) is 0 Å². The number of anilines is 2. The van der Waals surface area contributed by atoms with Crippen LogP contribution >= 0.6 is 24.0 Å². The molecule has 0 atom stereocenters. The number of halogens is 8. The van der Waals surface area contributed by atoms with Crippen molar-refractivity contribution >= 4 is 41.6 Å². The Kier molecular flexibility index (Phi) is 12.8. The van der Waals surface area contributed by atoms with E-state index in [1.165, 1.54) is 18.9 Å². The summed E-state index contributed by atoms with van der Waals surface area (Å²) in [4.78, 5) is 16.2. The topological polar surface area (TPSA) is 76.4 Å². The Morgan fingerprint density at radius 1 is 0.936 bits per heavy atom. The van der Waals surface area contributed by atoms with E-state index < -0.39 is 23.5 Å². The lowest BCUT2D eigenvalue weighted by molar-refractivity contribution is -0.148. The zero-order valence-corrected chi connectivity index (χ0v) is 28.0. The molecule has 16 heteroatoms. The van der Waals surface area contributed by atoms with Crippen LogP contribution in [-0.4, -0.2) is 45.4 Å². The van der Waals surface area contributed by atoms with Gasteiger partial charge in [0.2, 0.25) is 0 Å². The van der Waals surface area contributed by atoms with E-state index in [0.717, 1.165) is 41.7 Å². The Bertz CT molecular complexity index is 1480. The van der Waals surface area contributed by atoms with Crippen LogP contribution < -0.4 is 9.80 Å². The SMILES string of the molecule is CCc1cc(N(CC)CC2CCC(OC(C)=O)CC2)c(CN(Cc2cc(C(F)(F)F)cc(C(F)(F)F)c2)c2nnn(C)n2)cc1Cl.Cl. The first-order chi connectivity index (χ1) is 21.6. The summed E-state index contributed by atoms with van der Waals surface area (Å²) in [6, 6.07) is 5.29. The fraction of sp³-hybridized carbons (Fsp3) is 0.548. The molecule has 260 valence electrons. The zero-order valence-electron chi connectivity index (χ0n) is 26.5. The van der Waals surface area contributed by atoms with Crippen LogP contribution in [0.25, 0.3) is 0 Å². The number of carbonyl (C=O) groups excluding carboxylic acids is 1. The van der Waals surface area contributed by atoms with Crippen LogP contribution in [0.15, 0.2) is 30.3 Å². The second kappa shape index (κ2) is 15.8. The molecule has 1 fully saturated rings. The summed E-state index contributed by atoms with van der Waals surface area (Å²) in [7, 11) is 1.51. The largest absolute Gasteiger partial charge is 0.463 e. The molecule has 0 aliphatic heterocycles. The number of nitrogens with zero attached hydrogens (tertiary/aromatic N) is 6.